The number of benzene rings is 2. The number of sulfonamides is 1. The Labute approximate surface area is 196 Å². The van der Waals surface area contributed by atoms with Gasteiger partial charge >= 0.3 is 6.03 Å². The first-order chi connectivity index (χ1) is 16.1. The van der Waals surface area contributed by atoms with Crippen LogP contribution in [0.15, 0.2) is 53.4 Å². The number of amides is 3. The maximum Gasteiger partial charge on any atom is 0.328 e. The Morgan fingerprint density at radius 2 is 1.74 bits per heavy atom. The van der Waals surface area contributed by atoms with E-state index in [9.17, 15) is 32.5 Å². The van der Waals surface area contributed by atoms with Crippen molar-refractivity contribution in [2.45, 2.75) is 30.6 Å². The number of hydrogen-bond donors (Lipinski definition) is 1. The summed E-state index contributed by atoms with van der Waals surface area (Å²) in [5.74, 6) is -0.667. The molecule has 2 aromatic carbocycles. The smallest absolute Gasteiger partial charge is 0.328 e. The van der Waals surface area contributed by atoms with E-state index in [2.05, 4.69) is 0 Å². The number of aryl methyl sites for hydroxylation is 1. The largest absolute Gasteiger partial charge is 0.351 e. The van der Waals surface area contributed by atoms with E-state index in [1.54, 1.807) is 17.0 Å². The summed E-state index contributed by atoms with van der Waals surface area (Å²) < 4.78 is 39.5. The van der Waals surface area contributed by atoms with Crippen LogP contribution in [-0.2, 0) is 21.2 Å². The highest BCUT2D eigenvalue weighted by Crippen LogP contribution is 2.28. The lowest BCUT2D eigenvalue weighted by atomic mass is 9.96. The maximum absolute atomic E-state index is 13.0. The molecule has 3 rings (SSSR count). The van der Waals surface area contributed by atoms with E-state index in [1.165, 1.54) is 24.3 Å². The Bertz CT molecular complexity index is 1160. The summed E-state index contributed by atoms with van der Waals surface area (Å²) in [5.41, 5.74) is 5.54. The summed E-state index contributed by atoms with van der Waals surface area (Å²) in [6.07, 6.45) is 1.62. The van der Waals surface area contributed by atoms with Crippen molar-refractivity contribution in [1.82, 2.24) is 9.21 Å². The number of piperidine rings is 1. The lowest BCUT2D eigenvalue weighted by Crippen LogP contribution is -2.46. The summed E-state index contributed by atoms with van der Waals surface area (Å²) in [6.45, 7) is 0.525. The minimum Gasteiger partial charge on any atom is -0.351 e. The number of nitrogens with zero attached hydrogens (tertiary/aromatic N) is 3. The summed E-state index contributed by atoms with van der Waals surface area (Å²) in [6, 6.07) is 9.48. The van der Waals surface area contributed by atoms with Gasteiger partial charge in [-0.05, 0) is 48.9 Å². The van der Waals surface area contributed by atoms with Crippen molar-refractivity contribution in [2.75, 3.05) is 19.6 Å². The molecule has 2 aromatic rings. The monoisotopic (exact) mass is 492 g/mol. The van der Waals surface area contributed by atoms with Crippen LogP contribution in [0.2, 0.25) is 0 Å². The molecule has 1 aliphatic heterocycles. The fourth-order valence-corrected chi connectivity index (χ4v) is 5.45. The van der Waals surface area contributed by atoms with Crippen LogP contribution in [0.4, 0.5) is 14.9 Å². The molecule has 0 spiro atoms. The lowest BCUT2D eigenvalue weighted by Gasteiger charge is -2.34. The predicted octanol–water partition coefficient (Wildman–Crippen LogP) is 2.67. The van der Waals surface area contributed by atoms with E-state index in [1.807, 2.05) is 0 Å². The molecule has 0 radical (unpaired) electrons. The number of likely N-dealkylation sites (tertiary alicyclic amines) is 1. The van der Waals surface area contributed by atoms with Crippen molar-refractivity contribution >= 4 is 27.6 Å². The zero-order chi connectivity index (χ0) is 24.9. The zero-order valence-electron chi connectivity index (χ0n) is 18.3. The van der Waals surface area contributed by atoms with Crippen LogP contribution in [0, 0.1) is 21.8 Å². The van der Waals surface area contributed by atoms with Crippen molar-refractivity contribution < 1.29 is 27.3 Å². The van der Waals surface area contributed by atoms with Gasteiger partial charge in [0.2, 0.25) is 5.91 Å². The van der Waals surface area contributed by atoms with Gasteiger partial charge in [-0.3, -0.25) is 14.9 Å². The molecule has 0 aromatic heterocycles. The van der Waals surface area contributed by atoms with Crippen LogP contribution in [-0.4, -0.2) is 54.1 Å². The fraction of sp³-hybridized carbons (Fsp3) is 0.364. The third-order valence-corrected chi connectivity index (χ3v) is 7.62. The van der Waals surface area contributed by atoms with E-state index in [-0.39, 0.29) is 30.6 Å². The van der Waals surface area contributed by atoms with E-state index in [0.717, 1.165) is 17.7 Å². The number of carbonyl (C=O) groups is 2. The van der Waals surface area contributed by atoms with Gasteiger partial charge < -0.3 is 10.6 Å². The molecule has 1 saturated heterocycles. The number of primary amides is 1. The summed E-state index contributed by atoms with van der Waals surface area (Å²) in [5, 5.41) is 11.3. The first kappa shape index (κ1) is 25.1. The zero-order valence-corrected chi connectivity index (χ0v) is 19.1. The van der Waals surface area contributed by atoms with Gasteiger partial charge in [-0.2, -0.15) is 0 Å². The molecule has 2 N–H and O–H groups in total. The Balaban J connectivity index is 1.61. The van der Waals surface area contributed by atoms with Crippen LogP contribution in [0.5, 0.6) is 0 Å². The second kappa shape index (κ2) is 10.6. The number of halogens is 1. The van der Waals surface area contributed by atoms with Gasteiger partial charge in [0.15, 0.2) is 4.90 Å². The number of para-hydroxylation sites is 1. The van der Waals surface area contributed by atoms with Crippen LogP contribution in [0.25, 0.3) is 0 Å². The van der Waals surface area contributed by atoms with Gasteiger partial charge in [0.1, 0.15) is 5.82 Å². The van der Waals surface area contributed by atoms with Crippen LogP contribution in [0.1, 0.15) is 24.8 Å². The number of hydrogen-bond acceptors (Lipinski definition) is 6. The first-order valence-electron chi connectivity index (χ1n) is 10.7. The van der Waals surface area contributed by atoms with Gasteiger partial charge in [0.05, 0.1) is 4.92 Å². The van der Waals surface area contributed by atoms with Crippen LogP contribution < -0.4 is 5.73 Å². The fourth-order valence-electron chi connectivity index (χ4n) is 3.91. The highest BCUT2D eigenvalue weighted by atomic mass is 32.2. The van der Waals surface area contributed by atoms with Crippen LogP contribution in [0.3, 0.4) is 0 Å². The Morgan fingerprint density at radius 1 is 1.12 bits per heavy atom. The highest BCUT2D eigenvalue weighted by Gasteiger charge is 2.36. The molecular weight excluding hydrogens is 467 g/mol. The highest BCUT2D eigenvalue weighted by molar-refractivity contribution is 7.89. The van der Waals surface area contributed by atoms with Crippen LogP contribution >= 0.6 is 0 Å². The van der Waals surface area contributed by atoms with Crippen molar-refractivity contribution in [3.05, 3.63) is 70.0 Å². The molecule has 3 amide bonds. The van der Waals surface area contributed by atoms with Gasteiger partial charge in [-0.15, -0.1) is 0 Å². The lowest BCUT2D eigenvalue weighted by molar-refractivity contribution is -0.387. The molecule has 1 fully saturated rings. The molecule has 10 nitrogen and oxygen atoms in total. The van der Waals surface area contributed by atoms with Crippen molar-refractivity contribution in [1.29, 1.82) is 0 Å². The molecule has 0 atom stereocenters. The van der Waals surface area contributed by atoms with E-state index >= 15 is 0 Å². The molecule has 0 aliphatic carbocycles. The average Bonchev–Trinajstić information content (AvgIpc) is 2.82. The Hall–Kier alpha value is -3.54. The standard InChI is InChI=1S/C22H25FN4O6S/c23-18-8-5-16(6-9-18)7-10-21(28)25-13-11-17(12-14-25)15-26(22(24)29)34(32,33)20-4-2-1-3-19(20)27(30)31/h1-6,8-9,17H,7,10-15H2,(H2,24,29). The summed E-state index contributed by atoms with van der Waals surface area (Å²) in [7, 11) is -4.54. The molecule has 0 saturated carbocycles. The Morgan fingerprint density at radius 3 is 2.32 bits per heavy atom. The summed E-state index contributed by atoms with van der Waals surface area (Å²) in [4.78, 5) is 36.0. The number of urea groups is 1. The number of nitro benzene ring substituents is 1. The minimum absolute atomic E-state index is 0.0675. The molecule has 34 heavy (non-hydrogen) atoms. The second-order valence-electron chi connectivity index (χ2n) is 8.05. The molecule has 0 unspecified atom stereocenters. The Kier molecular flexibility index (Phi) is 7.82. The first-order valence-corrected chi connectivity index (χ1v) is 12.1. The number of carbonyl (C=O) groups excluding carboxylic acids is 2. The maximum atomic E-state index is 13.0. The average molecular weight is 493 g/mol. The predicted molar refractivity (Wildman–Crippen MR) is 121 cm³/mol. The molecular formula is C22H25FN4O6S. The molecule has 1 aliphatic rings. The molecule has 1 heterocycles. The third-order valence-electron chi connectivity index (χ3n) is 5.81. The van der Waals surface area contributed by atoms with Gasteiger partial charge in [-0.25, -0.2) is 21.9 Å². The second-order valence-corrected chi connectivity index (χ2v) is 9.88. The summed E-state index contributed by atoms with van der Waals surface area (Å²) >= 11 is 0. The number of nitro groups is 1. The number of rotatable bonds is 8. The topological polar surface area (TPSA) is 144 Å². The van der Waals surface area contributed by atoms with Crippen molar-refractivity contribution in [3.8, 4) is 0 Å². The van der Waals surface area contributed by atoms with E-state index < -0.39 is 31.6 Å². The van der Waals surface area contributed by atoms with Gasteiger partial charge in [0, 0.05) is 32.1 Å². The van der Waals surface area contributed by atoms with E-state index in [4.69, 9.17) is 5.73 Å². The van der Waals surface area contributed by atoms with Gasteiger partial charge in [-0.1, -0.05) is 24.3 Å². The molecule has 182 valence electrons. The molecule has 0 bridgehead atoms. The SMILES string of the molecule is NC(=O)N(CC1CCN(C(=O)CCc2ccc(F)cc2)CC1)S(=O)(=O)c1ccccc1[N+](=O)[O-]. The normalized spacial score (nSPS) is 14.6. The van der Waals surface area contributed by atoms with Gasteiger partial charge in [0.25, 0.3) is 15.7 Å². The number of nitrogens with two attached hydrogens (primary N) is 1. The van der Waals surface area contributed by atoms with E-state index in [0.29, 0.717) is 36.7 Å². The quantitative estimate of drug-likeness (QED) is 0.443. The minimum atomic E-state index is -4.54. The van der Waals surface area contributed by atoms with Crippen molar-refractivity contribution in [2.24, 2.45) is 11.7 Å². The third kappa shape index (κ3) is 5.87. The van der Waals surface area contributed by atoms with Crippen molar-refractivity contribution in [3.63, 3.8) is 0 Å². The molecule has 12 heteroatoms.